The summed E-state index contributed by atoms with van der Waals surface area (Å²) in [7, 11) is 0. The van der Waals surface area contributed by atoms with E-state index in [0.717, 1.165) is 43.8 Å². The molecule has 5 fully saturated rings. The zero-order valence-electron chi connectivity index (χ0n) is 17.8. The van der Waals surface area contributed by atoms with Crippen LogP contribution in [0.1, 0.15) is 68.1 Å². The zero-order valence-corrected chi connectivity index (χ0v) is 18.6. The quantitative estimate of drug-likeness (QED) is 0.669. The van der Waals surface area contributed by atoms with Crippen molar-refractivity contribution in [3.05, 3.63) is 22.8 Å². The zero-order chi connectivity index (χ0) is 20.6. The van der Waals surface area contributed by atoms with Crippen LogP contribution >= 0.6 is 11.6 Å². The molecule has 2 N–H and O–H groups in total. The van der Waals surface area contributed by atoms with Gasteiger partial charge in [0.25, 0.3) is 5.91 Å². The van der Waals surface area contributed by atoms with Crippen LogP contribution in [0, 0.1) is 29.1 Å². The van der Waals surface area contributed by atoms with Gasteiger partial charge in [0.2, 0.25) is 5.88 Å². The molecule has 0 aromatic carbocycles. The van der Waals surface area contributed by atoms with Crippen molar-refractivity contribution in [3.8, 4) is 5.88 Å². The summed E-state index contributed by atoms with van der Waals surface area (Å²) in [5.74, 6) is 3.77. The molecule has 5 aliphatic rings. The predicted octanol–water partition coefficient (Wildman–Crippen LogP) is 4.45. The molecule has 164 valence electrons. The third-order valence-corrected chi connectivity index (χ3v) is 8.40. The molecule has 4 bridgehead atoms. The van der Waals surface area contributed by atoms with Gasteiger partial charge in [-0.05, 0) is 100.0 Å². The van der Waals surface area contributed by atoms with E-state index >= 15 is 0 Å². The summed E-state index contributed by atoms with van der Waals surface area (Å²) in [5.41, 5.74) is 0.797. The number of amides is 1. The largest absolute Gasteiger partial charge is 0.478 e. The highest BCUT2D eigenvalue weighted by Gasteiger charge is 2.50. The molecule has 2 heterocycles. The number of halogens is 1. The van der Waals surface area contributed by atoms with Gasteiger partial charge in [0.1, 0.15) is 0 Å². The Balaban J connectivity index is 1.16. The summed E-state index contributed by atoms with van der Waals surface area (Å²) in [5, 5.41) is 7.00. The van der Waals surface area contributed by atoms with Crippen LogP contribution in [0.5, 0.6) is 5.88 Å². The number of rotatable bonds is 7. The van der Waals surface area contributed by atoms with E-state index in [-0.39, 0.29) is 5.91 Å². The van der Waals surface area contributed by atoms with Gasteiger partial charge in [-0.1, -0.05) is 11.6 Å². The van der Waals surface area contributed by atoms with E-state index < -0.39 is 0 Å². The van der Waals surface area contributed by atoms with E-state index in [4.69, 9.17) is 16.3 Å². The molecule has 6 heteroatoms. The third kappa shape index (κ3) is 4.47. The highest BCUT2D eigenvalue weighted by atomic mass is 35.5. The molecule has 4 saturated carbocycles. The van der Waals surface area contributed by atoms with Crippen LogP contribution in [-0.2, 0) is 0 Å². The van der Waals surface area contributed by atoms with Crippen LogP contribution in [0.4, 0.5) is 0 Å². The van der Waals surface area contributed by atoms with Gasteiger partial charge < -0.3 is 15.4 Å². The molecule has 1 amide bonds. The summed E-state index contributed by atoms with van der Waals surface area (Å²) < 4.78 is 5.86. The molecule has 1 aromatic rings. The van der Waals surface area contributed by atoms with Crippen molar-refractivity contribution in [2.75, 3.05) is 26.2 Å². The Kier molecular flexibility index (Phi) is 5.94. The number of pyridine rings is 1. The first-order valence-electron chi connectivity index (χ1n) is 11.9. The van der Waals surface area contributed by atoms with Gasteiger partial charge in [0.05, 0.1) is 23.4 Å². The molecule has 0 spiro atoms. The van der Waals surface area contributed by atoms with Crippen LogP contribution in [0.25, 0.3) is 0 Å². The van der Waals surface area contributed by atoms with Crippen molar-refractivity contribution in [2.24, 2.45) is 29.1 Å². The van der Waals surface area contributed by atoms with Crippen molar-refractivity contribution < 1.29 is 9.53 Å². The Morgan fingerprint density at radius 1 is 1.17 bits per heavy atom. The van der Waals surface area contributed by atoms with E-state index in [1.165, 1.54) is 51.4 Å². The molecule has 4 aliphatic carbocycles. The fraction of sp³-hybridized carbons (Fsp3) is 0.750. The Morgan fingerprint density at radius 2 is 1.83 bits per heavy atom. The van der Waals surface area contributed by atoms with Gasteiger partial charge in [0, 0.05) is 12.6 Å². The summed E-state index contributed by atoms with van der Waals surface area (Å²) in [6, 6.07) is 1.71. The van der Waals surface area contributed by atoms with Crippen LogP contribution in [0.2, 0.25) is 5.02 Å². The second kappa shape index (κ2) is 8.66. The topological polar surface area (TPSA) is 63.2 Å². The van der Waals surface area contributed by atoms with Crippen molar-refractivity contribution in [1.82, 2.24) is 15.6 Å². The normalized spacial score (nSPS) is 32.9. The van der Waals surface area contributed by atoms with Crippen LogP contribution in [0.3, 0.4) is 0 Å². The van der Waals surface area contributed by atoms with E-state index in [1.54, 1.807) is 12.3 Å². The second-order valence-corrected chi connectivity index (χ2v) is 10.8. The number of carbonyl (C=O) groups is 1. The number of ether oxygens (including phenoxy) is 1. The SMILES string of the molecule is O=C(NCC12CC3CC(CC(C3)C1)C2)c1cc(OCCC2CCNCC2)ncc1Cl. The maximum atomic E-state index is 12.9. The number of nitrogens with one attached hydrogen (secondary N) is 2. The maximum absolute atomic E-state index is 12.9. The lowest BCUT2D eigenvalue weighted by molar-refractivity contribution is -0.0503. The van der Waals surface area contributed by atoms with Gasteiger partial charge in [-0.2, -0.15) is 0 Å². The van der Waals surface area contributed by atoms with Gasteiger partial charge in [-0.15, -0.1) is 0 Å². The lowest BCUT2D eigenvalue weighted by Crippen LogP contribution is -2.51. The molecule has 0 atom stereocenters. The number of carbonyl (C=O) groups excluding carboxylic acids is 1. The molecular formula is C24H34ClN3O2. The summed E-state index contributed by atoms with van der Waals surface area (Å²) >= 11 is 6.32. The van der Waals surface area contributed by atoms with Gasteiger partial charge in [0.15, 0.2) is 0 Å². The highest BCUT2D eigenvalue weighted by molar-refractivity contribution is 6.33. The lowest BCUT2D eigenvalue weighted by Gasteiger charge is -2.56. The number of nitrogens with zero attached hydrogens (tertiary/aromatic N) is 1. The van der Waals surface area contributed by atoms with Crippen molar-refractivity contribution in [2.45, 2.75) is 57.8 Å². The minimum absolute atomic E-state index is 0.0960. The van der Waals surface area contributed by atoms with E-state index in [1.807, 2.05) is 0 Å². The first-order valence-corrected chi connectivity index (χ1v) is 12.2. The fourth-order valence-electron chi connectivity index (χ4n) is 7.04. The van der Waals surface area contributed by atoms with Crippen LogP contribution < -0.4 is 15.4 Å². The number of hydrogen-bond donors (Lipinski definition) is 2. The predicted molar refractivity (Wildman–Crippen MR) is 118 cm³/mol. The second-order valence-electron chi connectivity index (χ2n) is 10.4. The van der Waals surface area contributed by atoms with Gasteiger partial charge in [-0.25, -0.2) is 4.98 Å². The summed E-state index contributed by atoms with van der Waals surface area (Å²) in [4.78, 5) is 17.2. The van der Waals surface area contributed by atoms with Gasteiger partial charge in [-0.3, -0.25) is 4.79 Å². The first kappa shape index (κ1) is 20.6. The Labute approximate surface area is 184 Å². The van der Waals surface area contributed by atoms with Gasteiger partial charge >= 0.3 is 0 Å². The van der Waals surface area contributed by atoms with E-state index in [0.29, 0.717) is 34.4 Å². The molecule has 1 aromatic heterocycles. The monoisotopic (exact) mass is 431 g/mol. The average Bonchev–Trinajstić information content (AvgIpc) is 2.73. The lowest BCUT2D eigenvalue weighted by atomic mass is 9.49. The maximum Gasteiger partial charge on any atom is 0.253 e. The van der Waals surface area contributed by atoms with Crippen molar-refractivity contribution in [1.29, 1.82) is 0 Å². The van der Waals surface area contributed by atoms with E-state index in [9.17, 15) is 4.79 Å². The minimum atomic E-state index is -0.0960. The van der Waals surface area contributed by atoms with E-state index in [2.05, 4.69) is 15.6 Å². The van der Waals surface area contributed by atoms with Crippen LogP contribution in [0.15, 0.2) is 12.3 Å². The Bertz CT molecular complexity index is 742. The molecule has 0 unspecified atom stereocenters. The van der Waals surface area contributed by atoms with Crippen molar-refractivity contribution >= 4 is 17.5 Å². The first-order chi connectivity index (χ1) is 14.6. The molecular weight excluding hydrogens is 398 g/mol. The fourth-order valence-corrected chi connectivity index (χ4v) is 7.23. The standard InChI is InChI=1S/C24H34ClN3O2/c25-21-14-27-22(30-6-3-16-1-4-26-5-2-16)10-20(21)23(29)28-15-24-11-17-7-18(12-24)9-19(8-17)13-24/h10,14,16-19,26H,1-9,11-13,15H2,(H,28,29). The molecule has 5 nitrogen and oxygen atoms in total. The van der Waals surface area contributed by atoms with Crippen LogP contribution in [-0.4, -0.2) is 37.1 Å². The minimum Gasteiger partial charge on any atom is -0.478 e. The molecule has 30 heavy (non-hydrogen) atoms. The summed E-state index contributed by atoms with van der Waals surface area (Å²) in [6.07, 6.45) is 13.1. The van der Waals surface area contributed by atoms with Crippen molar-refractivity contribution in [3.63, 3.8) is 0 Å². The number of aromatic nitrogens is 1. The number of piperidine rings is 1. The molecule has 0 radical (unpaired) electrons. The Morgan fingerprint density at radius 3 is 2.50 bits per heavy atom. The Hall–Kier alpha value is -1.33. The molecule has 1 saturated heterocycles. The third-order valence-electron chi connectivity index (χ3n) is 8.10. The average molecular weight is 432 g/mol. The molecule has 1 aliphatic heterocycles. The summed E-state index contributed by atoms with van der Waals surface area (Å²) in [6.45, 7) is 3.60. The highest BCUT2D eigenvalue weighted by Crippen LogP contribution is 2.59. The number of hydrogen-bond acceptors (Lipinski definition) is 4. The smallest absolute Gasteiger partial charge is 0.253 e. The molecule has 6 rings (SSSR count).